The van der Waals surface area contributed by atoms with E-state index in [1.54, 1.807) is 12.1 Å². The molecule has 1 nitrogen and oxygen atoms in total. The van der Waals surface area contributed by atoms with Gasteiger partial charge in [-0.2, -0.15) is 0 Å². The number of nitrogens with two attached hydrogens (primary N) is 1. The van der Waals surface area contributed by atoms with Crippen LogP contribution in [0.3, 0.4) is 0 Å². The molecule has 0 bridgehead atoms. The zero-order chi connectivity index (χ0) is 12.5. The van der Waals surface area contributed by atoms with Gasteiger partial charge in [-0.15, -0.1) is 0 Å². The van der Waals surface area contributed by atoms with Crippen LogP contribution in [0, 0.1) is 18.7 Å². The molecule has 0 radical (unpaired) electrons. The van der Waals surface area contributed by atoms with Crippen molar-refractivity contribution in [2.45, 2.75) is 51.5 Å². The Morgan fingerprint density at radius 1 is 1.24 bits per heavy atom. The van der Waals surface area contributed by atoms with E-state index in [0.717, 1.165) is 42.7 Å². The van der Waals surface area contributed by atoms with Crippen LogP contribution in [0.5, 0.6) is 0 Å². The van der Waals surface area contributed by atoms with E-state index in [0.29, 0.717) is 0 Å². The fraction of sp³-hybridized carbons (Fsp3) is 0.600. The first-order valence-corrected chi connectivity index (χ1v) is 6.56. The van der Waals surface area contributed by atoms with Gasteiger partial charge in [-0.05, 0) is 55.4 Å². The zero-order valence-electron chi connectivity index (χ0n) is 10.8. The molecule has 2 N–H and O–H groups in total. The van der Waals surface area contributed by atoms with E-state index in [2.05, 4.69) is 6.92 Å². The Morgan fingerprint density at radius 3 is 2.71 bits per heavy atom. The Hall–Kier alpha value is -0.890. The molecule has 0 amide bonds. The van der Waals surface area contributed by atoms with Gasteiger partial charge in [-0.3, -0.25) is 0 Å². The van der Waals surface area contributed by atoms with Crippen LogP contribution in [-0.4, -0.2) is 0 Å². The lowest BCUT2D eigenvalue weighted by molar-refractivity contribution is 0.376. The number of rotatable bonds is 1. The molecule has 1 saturated carbocycles. The van der Waals surface area contributed by atoms with Gasteiger partial charge in [0.25, 0.3) is 0 Å². The average Bonchev–Trinajstić information content (AvgIpc) is 2.41. The molecule has 1 aromatic rings. The summed E-state index contributed by atoms with van der Waals surface area (Å²) < 4.78 is 13.5. The molecule has 94 valence electrons. The summed E-state index contributed by atoms with van der Waals surface area (Å²) in [5.74, 6) is 0.581. The molecule has 0 spiro atoms. The molecule has 1 aromatic carbocycles. The minimum Gasteiger partial charge on any atom is -0.321 e. The monoisotopic (exact) mass is 235 g/mol. The molecule has 1 aliphatic rings. The van der Waals surface area contributed by atoms with Gasteiger partial charge < -0.3 is 5.73 Å². The summed E-state index contributed by atoms with van der Waals surface area (Å²) in [6.07, 6.45) is 5.48. The number of benzene rings is 1. The Balaban J connectivity index is 2.29. The summed E-state index contributed by atoms with van der Waals surface area (Å²) in [7, 11) is 0. The van der Waals surface area contributed by atoms with E-state index >= 15 is 0 Å². The summed E-state index contributed by atoms with van der Waals surface area (Å²) in [5, 5.41) is 0. The lowest BCUT2D eigenvalue weighted by Gasteiger charge is -2.29. The Bertz CT molecular complexity index is 382. The quantitative estimate of drug-likeness (QED) is 0.734. The molecule has 2 rings (SSSR count). The Morgan fingerprint density at radius 2 is 2.00 bits per heavy atom. The zero-order valence-corrected chi connectivity index (χ0v) is 10.8. The molecule has 2 heteroatoms. The van der Waals surface area contributed by atoms with Crippen molar-refractivity contribution in [3.05, 3.63) is 35.1 Å². The van der Waals surface area contributed by atoms with Crippen LogP contribution in [0.2, 0.25) is 0 Å². The van der Waals surface area contributed by atoms with Gasteiger partial charge in [-0.25, -0.2) is 4.39 Å². The van der Waals surface area contributed by atoms with Crippen LogP contribution in [0.15, 0.2) is 18.2 Å². The van der Waals surface area contributed by atoms with Crippen molar-refractivity contribution in [1.82, 2.24) is 0 Å². The van der Waals surface area contributed by atoms with E-state index in [-0.39, 0.29) is 11.4 Å². The van der Waals surface area contributed by atoms with Gasteiger partial charge in [0.2, 0.25) is 0 Å². The maximum Gasteiger partial charge on any atom is 0.123 e. The SMILES string of the molecule is Cc1cc(F)cc(C2(N)CCCC(C)CC2)c1. The third kappa shape index (κ3) is 2.86. The largest absolute Gasteiger partial charge is 0.321 e. The minimum absolute atomic E-state index is 0.165. The van der Waals surface area contributed by atoms with Crippen LogP contribution in [-0.2, 0) is 5.54 Å². The molecule has 2 atom stereocenters. The fourth-order valence-electron chi connectivity index (χ4n) is 2.85. The first kappa shape index (κ1) is 12.6. The maximum absolute atomic E-state index is 13.5. The van der Waals surface area contributed by atoms with E-state index in [1.165, 1.54) is 6.42 Å². The third-order valence-electron chi connectivity index (χ3n) is 4.02. The predicted octanol–water partition coefficient (Wildman–Crippen LogP) is 3.89. The summed E-state index contributed by atoms with van der Waals surface area (Å²) >= 11 is 0. The number of hydrogen-bond donors (Lipinski definition) is 1. The highest BCUT2D eigenvalue weighted by atomic mass is 19.1. The van der Waals surface area contributed by atoms with Crippen molar-refractivity contribution in [3.63, 3.8) is 0 Å². The average molecular weight is 235 g/mol. The molecule has 1 fully saturated rings. The highest BCUT2D eigenvalue weighted by Gasteiger charge is 2.30. The molecule has 0 heterocycles. The van der Waals surface area contributed by atoms with Gasteiger partial charge in [0, 0.05) is 5.54 Å². The first-order valence-electron chi connectivity index (χ1n) is 6.56. The van der Waals surface area contributed by atoms with Crippen LogP contribution < -0.4 is 5.73 Å². The van der Waals surface area contributed by atoms with E-state index < -0.39 is 0 Å². The topological polar surface area (TPSA) is 26.0 Å². The van der Waals surface area contributed by atoms with Crippen LogP contribution in [0.1, 0.15) is 50.2 Å². The molecule has 17 heavy (non-hydrogen) atoms. The molecule has 0 saturated heterocycles. The van der Waals surface area contributed by atoms with Gasteiger partial charge in [0.1, 0.15) is 5.82 Å². The minimum atomic E-state index is -0.322. The molecular formula is C15H22FN. The Kier molecular flexibility index (Phi) is 3.53. The fourth-order valence-corrected chi connectivity index (χ4v) is 2.85. The Labute approximate surface area is 103 Å². The van der Waals surface area contributed by atoms with E-state index in [9.17, 15) is 4.39 Å². The van der Waals surface area contributed by atoms with E-state index in [1.807, 2.05) is 13.0 Å². The maximum atomic E-state index is 13.5. The molecule has 0 aliphatic heterocycles. The van der Waals surface area contributed by atoms with Crippen LogP contribution in [0.25, 0.3) is 0 Å². The summed E-state index contributed by atoms with van der Waals surface area (Å²) in [4.78, 5) is 0. The second-order valence-electron chi connectivity index (χ2n) is 5.71. The summed E-state index contributed by atoms with van der Waals surface area (Å²) in [6, 6.07) is 5.22. The second kappa shape index (κ2) is 4.77. The highest BCUT2D eigenvalue weighted by molar-refractivity contribution is 5.29. The number of aryl methyl sites for hydroxylation is 1. The highest BCUT2D eigenvalue weighted by Crippen LogP contribution is 2.36. The van der Waals surface area contributed by atoms with Crippen LogP contribution >= 0.6 is 0 Å². The molecule has 0 aromatic heterocycles. The lowest BCUT2D eigenvalue weighted by Crippen LogP contribution is -2.36. The second-order valence-corrected chi connectivity index (χ2v) is 5.71. The normalized spacial score (nSPS) is 30.0. The summed E-state index contributed by atoms with van der Waals surface area (Å²) in [5.41, 5.74) is 8.13. The molecule has 2 unspecified atom stereocenters. The van der Waals surface area contributed by atoms with Crippen molar-refractivity contribution < 1.29 is 4.39 Å². The smallest absolute Gasteiger partial charge is 0.123 e. The van der Waals surface area contributed by atoms with Crippen molar-refractivity contribution >= 4 is 0 Å². The van der Waals surface area contributed by atoms with Gasteiger partial charge >= 0.3 is 0 Å². The van der Waals surface area contributed by atoms with E-state index in [4.69, 9.17) is 5.73 Å². The van der Waals surface area contributed by atoms with Gasteiger partial charge in [0.05, 0.1) is 0 Å². The van der Waals surface area contributed by atoms with Gasteiger partial charge in [-0.1, -0.05) is 25.8 Å². The van der Waals surface area contributed by atoms with Crippen molar-refractivity contribution in [2.75, 3.05) is 0 Å². The third-order valence-corrected chi connectivity index (χ3v) is 4.02. The first-order chi connectivity index (χ1) is 7.99. The van der Waals surface area contributed by atoms with Crippen LogP contribution in [0.4, 0.5) is 4.39 Å². The number of halogens is 1. The lowest BCUT2D eigenvalue weighted by atomic mass is 9.83. The van der Waals surface area contributed by atoms with Crippen molar-refractivity contribution in [2.24, 2.45) is 11.7 Å². The molecule has 1 aliphatic carbocycles. The van der Waals surface area contributed by atoms with Crippen molar-refractivity contribution in [1.29, 1.82) is 0 Å². The summed E-state index contributed by atoms with van der Waals surface area (Å²) in [6.45, 7) is 4.21. The van der Waals surface area contributed by atoms with Crippen molar-refractivity contribution in [3.8, 4) is 0 Å². The number of hydrogen-bond acceptors (Lipinski definition) is 1. The van der Waals surface area contributed by atoms with Gasteiger partial charge in [0.15, 0.2) is 0 Å². The standard InChI is InChI=1S/C15H22FN/c1-11-4-3-6-15(17,7-5-11)13-8-12(2)9-14(16)10-13/h8-11H,3-7,17H2,1-2H3. The molecular weight excluding hydrogens is 213 g/mol. The predicted molar refractivity (Wildman–Crippen MR) is 69.3 cm³/mol.